The molecule has 0 aliphatic carbocycles. The summed E-state index contributed by atoms with van der Waals surface area (Å²) in [6.45, 7) is -0.166. The highest BCUT2D eigenvalue weighted by atomic mass is 16.5. The van der Waals surface area contributed by atoms with Crippen LogP contribution in [0.4, 0.5) is 11.4 Å². The van der Waals surface area contributed by atoms with Gasteiger partial charge in [0.25, 0.3) is 0 Å². The first-order chi connectivity index (χ1) is 13.1. The molecule has 1 heterocycles. The summed E-state index contributed by atoms with van der Waals surface area (Å²) in [6.07, 6.45) is 0. The number of ether oxygens (including phenoxy) is 2. The van der Waals surface area contributed by atoms with Crippen molar-refractivity contribution in [3.05, 3.63) is 42.5 Å². The largest absolute Gasteiger partial charge is 0.497 e. The van der Waals surface area contributed by atoms with Crippen LogP contribution in [0.5, 0.6) is 5.75 Å². The number of amides is 2. The zero-order chi connectivity index (χ0) is 19.2. The second-order valence-corrected chi connectivity index (χ2v) is 5.66. The van der Waals surface area contributed by atoms with E-state index in [2.05, 4.69) is 20.8 Å². The van der Waals surface area contributed by atoms with Crippen molar-refractivity contribution in [1.29, 1.82) is 0 Å². The maximum atomic E-state index is 12.4. The fourth-order valence-electron chi connectivity index (χ4n) is 2.47. The van der Waals surface area contributed by atoms with Gasteiger partial charge in [-0.2, -0.15) is 15.0 Å². The van der Waals surface area contributed by atoms with E-state index >= 15 is 0 Å². The Morgan fingerprint density at radius 2 is 1.63 bits per heavy atom. The lowest BCUT2D eigenvalue weighted by atomic mass is 10.2. The fourth-order valence-corrected chi connectivity index (χ4v) is 2.47. The van der Waals surface area contributed by atoms with Gasteiger partial charge in [0.2, 0.25) is 11.8 Å². The number of methoxy groups -OCH3 is 2. The summed E-state index contributed by atoms with van der Waals surface area (Å²) in [5.41, 5.74) is 2.25. The second kappa shape index (κ2) is 8.28. The molecule has 1 aromatic heterocycles. The Kier molecular flexibility index (Phi) is 5.62. The van der Waals surface area contributed by atoms with Gasteiger partial charge >= 0.3 is 0 Å². The minimum absolute atomic E-state index is 0.0721. The number of hydrogen-bond acceptors (Lipinski definition) is 6. The van der Waals surface area contributed by atoms with Gasteiger partial charge in [-0.15, -0.1) is 0 Å². The summed E-state index contributed by atoms with van der Waals surface area (Å²) in [4.78, 5) is 25.5. The number of anilines is 2. The van der Waals surface area contributed by atoms with Gasteiger partial charge in [0.05, 0.1) is 18.5 Å². The van der Waals surface area contributed by atoms with Crippen LogP contribution in [-0.2, 0) is 20.9 Å². The van der Waals surface area contributed by atoms with Gasteiger partial charge in [-0.1, -0.05) is 12.1 Å². The maximum absolute atomic E-state index is 12.4. The van der Waals surface area contributed by atoms with Crippen LogP contribution in [0.3, 0.4) is 0 Å². The van der Waals surface area contributed by atoms with E-state index in [1.165, 1.54) is 19.0 Å². The van der Waals surface area contributed by atoms with Crippen molar-refractivity contribution in [3.8, 4) is 5.75 Å². The molecule has 0 aliphatic rings. The minimum atomic E-state index is -0.342. The van der Waals surface area contributed by atoms with Gasteiger partial charge < -0.3 is 20.1 Å². The molecule has 140 valence electrons. The Balaban J connectivity index is 1.75. The molecular formula is C18H19N5O4. The number of rotatable bonds is 7. The van der Waals surface area contributed by atoms with Crippen molar-refractivity contribution in [3.63, 3.8) is 0 Å². The predicted octanol–water partition coefficient (Wildman–Crippen LogP) is 1.66. The molecule has 9 heteroatoms. The molecule has 9 nitrogen and oxygen atoms in total. The lowest BCUT2D eigenvalue weighted by molar-refractivity contribution is -0.120. The number of fused-ring (bicyclic) bond motifs is 1. The number of benzene rings is 2. The van der Waals surface area contributed by atoms with Gasteiger partial charge in [0.15, 0.2) is 0 Å². The Morgan fingerprint density at radius 1 is 0.963 bits per heavy atom. The van der Waals surface area contributed by atoms with E-state index in [4.69, 9.17) is 9.47 Å². The van der Waals surface area contributed by atoms with Gasteiger partial charge in [-0.05, 0) is 24.3 Å². The van der Waals surface area contributed by atoms with E-state index in [-0.39, 0.29) is 25.0 Å². The van der Waals surface area contributed by atoms with Crippen LogP contribution in [0.2, 0.25) is 0 Å². The smallest absolute Gasteiger partial charge is 0.250 e. The monoisotopic (exact) mass is 369 g/mol. The van der Waals surface area contributed by atoms with Gasteiger partial charge in [0.1, 0.15) is 29.9 Å². The molecule has 2 aromatic carbocycles. The molecule has 0 bridgehead atoms. The van der Waals surface area contributed by atoms with E-state index in [0.29, 0.717) is 28.2 Å². The summed E-state index contributed by atoms with van der Waals surface area (Å²) in [7, 11) is 2.95. The van der Waals surface area contributed by atoms with Crippen molar-refractivity contribution >= 4 is 34.2 Å². The molecule has 3 rings (SSSR count). The van der Waals surface area contributed by atoms with Crippen molar-refractivity contribution < 1.29 is 19.1 Å². The molecular weight excluding hydrogens is 350 g/mol. The standard InChI is InChI=1S/C18H19N5O4/c1-26-11-18(25)19-13-8-7-12(27-2)9-16(13)20-17(24)10-23-21-14-5-3-4-6-15(14)22-23/h3-9H,10-11H2,1-2H3,(H,19,25)(H,20,24). The van der Waals surface area contributed by atoms with Crippen molar-refractivity contribution in [2.45, 2.75) is 6.54 Å². The first-order valence-corrected chi connectivity index (χ1v) is 8.15. The average molecular weight is 369 g/mol. The lowest BCUT2D eigenvalue weighted by Crippen LogP contribution is -2.22. The lowest BCUT2D eigenvalue weighted by Gasteiger charge is -2.13. The number of carbonyl (C=O) groups is 2. The summed E-state index contributed by atoms with van der Waals surface area (Å²) in [5.74, 6) is -0.137. The molecule has 2 amide bonds. The molecule has 3 aromatic rings. The zero-order valence-electron chi connectivity index (χ0n) is 14.9. The molecule has 2 N–H and O–H groups in total. The fraction of sp³-hybridized carbons (Fsp3) is 0.222. The van der Waals surface area contributed by atoms with Crippen LogP contribution in [-0.4, -0.2) is 47.6 Å². The number of nitrogens with one attached hydrogen (secondary N) is 2. The Labute approximate surface area is 155 Å². The number of aromatic nitrogens is 3. The number of carbonyl (C=O) groups excluding carboxylic acids is 2. The van der Waals surface area contributed by atoms with Gasteiger partial charge in [-0.25, -0.2) is 0 Å². The Morgan fingerprint density at radius 3 is 2.26 bits per heavy atom. The molecule has 0 atom stereocenters. The number of hydrogen-bond donors (Lipinski definition) is 2. The minimum Gasteiger partial charge on any atom is -0.497 e. The molecule has 27 heavy (non-hydrogen) atoms. The van der Waals surface area contributed by atoms with E-state index in [9.17, 15) is 9.59 Å². The first kappa shape index (κ1) is 18.3. The Bertz CT molecular complexity index is 936. The van der Waals surface area contributed by atoms with E-state index in [1.54, 1.807) is 18.2 Å². The van der Waals surface area contributed by atoms with Crippen molar-refractivity contribution in [1.82, 2.24) is 15.0 Å². The summed E-state index contributed by atoms with van der Waals surface area (Å²) >= 11 is 0. The topological polar surface area (TPSA) is 107 Å². The van der Waals surface area contributed by atoms with Gasteiger partial charge in [-0.3, -0.25) is 9.59 Å². The highest BCUT2D eigenvalue weighted by molar-refractivity contribution is 6.00. The third-order valence-electron chi connectivity index (χ3n) is 3.66. The van der Waals surface area contributed by atoms with Crippen LogP contribution in [0, 0.1) is 0 Å². The molecule has 0 spiro atoms. The van der Waals surface area contributed by atoms with Crippen LogP contribution >= 0.6 is 0 Å². The van der Waals surface area contributed by atoms with Crippen LogP contribution in [0.25, 0.3) is 11.0 Å². The third-order valence-corrected chi connectivity index (χ3v) is 3.66. The number of nitrogens with zero attached hydrogens (tertiary/aromatic N) is 3. The van der Waals surface area contributed by atoms with Crippen LogP contribution < -0.4 is 15.4 Å². The zero-order valence-corrected chi connectivity index (χ0v) is 14.9. The highest BCUT2D eigenvalue weighted by Crippen LogP contribution is 2.27. The molecule has 0 radical (unpaired) electrons. The average Bonchev–Trinajstić information content (AvgIpc) is 3.05. The van der Waals surface area contributed by atoms with Crippen LogP contribution in [0.15, 0.2) is 42.5 Å². The Hall–Kier alpha value is -3.46. The molecule has 0 aliphatic heterocycles. The molecule has 0 unspecified atom stereocenters. The molecule has 0 saturated carbocycles. The molecule has 0 fully saturated rings. The van der Waals surface area contributed by atoms with E-state index < -0.39 is 0 Å². The second-order valence-electron chi connectivity index (χ2n) is 5.66. The normalized spacial score (nSPS) is 10.6. The maximum Gasteiger partial charge on any atom is 0.250 e. The molecule has 0 saturated heterocycles. The van der Waals surface area contributed by atoms with E-state index in [0.717, 1.165) is 0 Å². The van der Waals surface area contributed by atoms with E-state index in [1.807, 2.05) is 24.3 Å². The summed E-state index contributed by atoms with van der Waals surface area (Å²) in [5, 5.41) is 13.9. The predicted molar refractivity (Wildman–Crippen MR) is 99.7 cm³/mol. The summed E-state index contributed by atoms with van der Waals surface area (Å²) in [6, 6.07) is 12.3. The quantitative estimate of drug-likeness (QED) is 0.656. The first-order valence-electron chi connectivity index (χ1n) is 8.15. The highest BCUT2D eigenvalue weighted by Gasteiger charge is 2.13. The summed E-state index contributed by atoms with van der Waals surface area (Å²) < 4.78 is 9.99. The van der Waals surface area contributed by atoms with Crippen LogP contribution in [0.1, 0.15) is 0 Å². The van der Waals surface area contributed by atoms with Crippen molar-refractivity contribution in [2.75, 3.05) is 31.5 Å². The SMILES string of the molecule is COCC(=O)Nc1ccc(OC)cc1NC(=O)Cn1nc2ccccc2n1. The van der Waals surface area contributed by atoms with Gasteiger partial charge in [0, 0.05) is 13.2 Å². The van der Waals surface area contributed by atoms with Crippen molar-refractivity contribution in [2.24, 2.45) is 0 Å². The third kappa shape index (κ3) is 4.59.